The molecule has 8 heteroatoms. The summed E-state index contributed by atoms with van der Waals surface area (Å²) in [6.45, 7) is 5.53. The molecule has 0 radical (unpaired) electrons. The van der Waals surface area contributed by atoms with Crippen molar-refractivity contribution >= 4 is 45.2 Å². The van der Waals surface area contributed by atoms with Crippen molar-refractivity contribution in [2.24, 2.45) is 5.73 Å². The maximum atomic E-state index is 12.4. The summed E-state index contributed by atoms with van der Waals surface area (Å²) in [6.07, 6.45) is 0.531. The van der Waals surface area contributed by atoms with E-state index >= 15 is 0 Å². The van der Waals surface area contributed by atoms with Crippen molar-refractivity contribution in [3.8, 4) is 0 Å². The number of rotatable bonds is 5. The Morgan fingerprint density at radius 3 is 2.69 bits per heavy atom. The highest BCUT2D eigenvalue weighted by Gasteiger charge is 2.20. The summed E-state index contributed by atoms with van der Waals surface area (Å²) >= 11 is 2.99. The summed E-state index contributed by atoms with van der Waals surface area (Å²) in [5.41, 5.74) is 6.67. The van der Waals surface area contributed by atoms with Crippen molar-refractivity contribution in [2.45, 2.75) is 36.8 Å². The third-order valence-electron chi connectivity index (χ3n) is 3.93. The van der Waals surface area contributed by atoms with E-state index in [0.29, 0.717) is 10.5 Å². The predicted molar refractivity (Wildman–Crippen MR) is 102 cm³/mol. The van der Waals surface area contributed by atoms with Crippen LogP contribution in [0.1, 0.15) is 27.7 Å². The van der Waals surface area contributed by atoms with E-state index in [9.17, 15) is 9.59 Å². The van der Waals surface area contributed by atoms with Crippen LogP contribution in [-0.4, -0.2) is 27.9 Å². The normalized spacial score (nSPS) is 12.1. The number of fused-ring (bicyclic) bond motifs is 1. The number of ether oxygens (including phenoxy) is 1. The number of primary amides is 1. The molecule has 1 aromatic carbocycles. The molecular formula is C18H17N3O3S2. The molecule has 0 saturated carbocycles. The first-order valence-electron chi connectivity index (χ1n) is 7.86. The molecule has 0 spiro atoms. The van der Waals surface area contributed by atoms with Crippen molar-refractivity contribution in [1.82, 2.24) is 9.97 Å². The zero-order valence-corrected chi connectivity index (χ0v) is 16.1. The minimum Gasteiger partial charge on any atom is -0.449 e. The monoisotopic (exact) mass is 387 g/mol. The van der Waals surface area contributed by atoms with Gasteiger partial charge in [0.1, 0.15) is 16.2 Å². The Bertz CT molecular complexity index is 1000. The van der Waals surface area contributed by atoms with Gasteiger partial charge in [-0.3, -0.25) is 4.79 Å². The van der Waals surface area contributed by atoms with Crippen molar-refractivity contribution in [3.05, 3.63) is 46.6 Å². The van der Waals surface area contributed by atoms with Crippen LogP contribution >= 0.6 is 23.1 Å². The first kappa shape index (κ1) is 18.3. The minimum absolute atomic E-state index is 0.363. The molecule has 2 aromatic heterocycles. The van der Waals surface area contributed by atoms with Gasteiger partial charge >= 0.3 is 5.97 Å². The molecule has 2 N–H and O–H groups in total. The number of hydrogen-bond acceptors (Lipinski definition) is 7. The number of aromatic nitrogens is 2. The van der Waals surface area contributed by atoms with E-state index in [2.05, 4.69) is 9.97 Å². The Balaban J connectivity index is 1.97. The fourth-order valence-electron chi connectivity index (χ4n) is 2.34. The first-order chi connectivity index (χ1) is 12.4. The van der Waals surface area contributed by atoms with Crippen LogP contribution < -0.4 is 5.73 Å². The Morgan fingerprint density at radius 1 is 1.23 bits per heavy atom. The number of esters is 1. The molecule has 3 aromatic rings. The van der Waals surface area contributed by atoms with E-state index in [1.54, 1.807) is 23.5 Å². The number of aryl methyl sites for hydroxylation is 2. The van der Waals surface area contributed by atoms with E-state index in [-0.39, 0.29) is 0 Å². The smallest absolute Gasteiger partial charge is 0.340 e. The number of hydrogen-bond donors (Lipinski definition) is 1. The van der Waals surface area contributed by atoms with Crippen molar-refractivity contribution < 1.29 is 14.3 Å². The van der Waals surface area contributed by atoms with Crippen LogP contribution in [0.2, 0.25) is 0 Å². The SMILES string of the molecule is Cc1sc2ncnc(Sc3ccccc3C(=O)O[C@H](C)C(N)=O)c2c1C. The van der Waals surface area contributed by atoms with Gasteiger partial charge in [0.15, 0.2) is 6.10 Å². The maximum absolute atomic E-state index is 12.4. The second-order valence-electron chi connectivity index (χ2n) is 5.69. The van der Waals surface area contributed by atoms with Gasteiger partial charge in [-0.05, 0) is 38.5 Å². The van der Waals surface area contributed by atoms with E-state index in [1.165, 1.54) is 29.9 Å². The van der Waals surface area contributed by atoms with Crippen LogP contribution in [0.5, 0.6) is 0 Å². The molecule has 0 fully saturated rings. The number of amides is 1. The molecule has 0 unspecified atom stereocenters. The number of nitrogens with zero attached hydrogens (tertiary/aromatic N) is 2. The van der Waals surface area contributed by atoms with E-state index in [0.717, 1.165) is 20.8 Å². The number of thiophene rings is 1. The summed E-state index contributed by atoms with van der Waals surface area (Å²) in [4.78, 5) is 35.1. The fraction of sp³-hybridized carbons (Fsp3) is 0.222. The number of carbonyl (C=O) groups excluding carboxylic acids is 2. The lowest BCUT2D eigenvalue weighted by atomic mass is 10.2. The van der Waals surface area contributed by atoms with Gasteiger partial charge in [0.2, 0.25) is 0 Å². The zero-order valence-electron chi connectivity index (χ0n) is 14.5. The van der Waals surface area contributed by atoms with Gasteiger partial charge < -0.3 is 10.5 Å². The van der Waals surface area contributed by atoms with E-state index in [1.807, 2.05) is 26.0 Å². The van der Waals surface area contributed by atoms with Crippen LogP contribution in [-0.2, 0) is 9.53 Å². The molecular weight excluding hydrogens is 370 g/mol. The molecule has 6 nitrogen and oxygen atoms in total. The van der Waals surface area contributed by atoms with Gasteiger partial charge in [-0.15, -0.1) is 11.3 Å². The number of nitrogens with two attached hydrogens (primary N) is 1. The van der Waals surface area contributed by atoms with Crippen molar-refractivity contribution in [2.75, 3.05) is 0 Å². The second-order valence-corrected chi connectivity index (χ2v) is 7.92. The highest BCUT2D eigenvalue weighted by molar-refractivity contribution is 7.99. The van der Waals surface area contributed by atoms with E-state index in [4.69, 9.17) is 10.5 Å². The Morgan fingerprint density at radius 2 is 1.96 bits per heavy atom. The third-order valence-corrected chi connectivity index (χ3v) is 6.12. The van der Waals surface area contributed by atoms with Gasteiger partial charge in [-0.25, -0.2) is 14.8 Å². The van der Waals surface area contributed by atoms with Gasteiger partial charge in [0.25, 0.3) is 5.91 Å². The lowest BCUT2D eigenvalue weighted by Crippen LogP contribution is -2.30. The largest absolute Gasteiger partial charge is 0.449 e. The summed E-state index contributed by atoms with van der Waals surface area (Å²) in [7, 11) is 0. The van der Waals surface area contributed by atoms with Gasteiger partial charge in [0, 0.05) is 15.2 Å². The number of benzene rings is 1. The molecule has 134 valence electrons. The van der Waals surface area contributed by atoms with Crippen LogP contribution in [0.4, 0.5) is 0 Å². The van der Waals surface area contributed by atoms with Crippen LogP contribution in [0.25, 0.3) is 10.2 Å². The maximum Gasteiger partial charge on any atom is 0.340 e. The quantitative estimate of drug-likeness (QED) is 0.532. The molecule has 0 aliphatic rings. The summed E-state index contributed by atoms with van der Waals surface area (Å²) in [6, 6.07) is 7.05. The summed E-state index contributed by atoms with van der Waals surface area (Å²) in [5.74, 6) is -1.28. The molecule has 0 bridgehead atoms. The molecule has 0 aliphatic carbocycles. The number of carbonyl (C=O) groups is 2. The van der Waals surface area contributed by atoms with Crippen LogP contribution in [0.3, 0.4) is 0 Å². The average molecular weight is 387 g/mol. The highest BCUT2D eigenvalue weighted by atomic mass is 32.2. The lowest BCUT2D eigenvalue weighted by Gasteiger charge is -2.12. The van der Waals surface area contributed by atoms with Crippen LogP contribution in [0, 0.1) is 13.8 Å². The highest BCUT2D eigenvalue weighted by Crippen LogP contribution is 2.38. The molecule has 3 rings (SSSR count). The Labute approximate surface area is 158 Å². The van der Waals surface area contributed by atoms with E-state index < -0.39 is 18.0 Å². The summed E-state index contributed by atoms with van der Waals surface area (Å²) < 4.78 is 5.13. The Hall–Kier alpha value is -2.45. The molecule has 1 atom stereocenters. The van der Waals surface area contributed by atoms with Crippen molar-refractivity contribution in [1.29, 1.82) is 0 Å². The first-order valence-corrected chi connectivity index (χ1v) is 9.49. The Kier molecular flexibility index (Phi) is 5.24. The molecule has 0 saturated heterocycles. The third kappa shape index (κ3) is 3.56. The van der Waals surface area contributed by atoms with Gasteiger partial charge in [-0.1, -0.05) is 23.9 Å². The minimum atomic E-state index is -0.993. The second kappa shape index (κ2) is 7.43. The van der Waals surface area contributed by atoms with Crippen LogP contribution in [0.15, 0.2) is 40.5 Å². The molecule has 2 heterocycles. The average Bonchev–Trinajstić information content (AvgIpc) is 2.90. The van der Waals surface area contributed by atoms with Crippen molar-refractivity contribution in [3.63, 3.8) is 0 Å². The lowest BCUT2D eigenvalue weighted by molar-refractivity contribution is -0.125. The summed E-state index contributed by atoms with van der Waals surface area (Å²) in [5, 5.41) is 1.77. The molecule has 0 aliphatic heterocycles. The predicted octanol–water partition coefficient (Wildman–Crippen LogP) is 3.49. The zero-order chi connectivity index (χ0) is 18.8. The van der Waals surface area contributed by atoms with Gasteiger partial charge in [-0.2, -0.15) is 0 Å². The topological polar surface area (TPSA) is 95.2 Å². The molecule has 1 amide bonds. The fourth-order valence-corrected chi connectivity index (χ4v) is 4.47. The standard InChI is InChI=1S/C18H17N3O3S2/c1-9-11(3)25-16-14(9)17(21-8-20-16)26-13-7-5-4-6-12(13)18(23)24-10(2)15(19)22/h4-8,10H,1-3H3,(H2,19,22)/t10-/m1/s1. The molecule has 26 heavy (non-hydrogen) atoms. The van der Waals surface area contributed by atoms with Gasteiger partial charge in [0.05, 0.1) is 5.56 Å².